The summed E-state index contributed by atoms with van der Waals surface area (Å²) in [6.07, 6.45) is 2.02. The van der Waals surface area contributed by atoms with E-state index >= 15 is 0 Å². The molecule has 0 aliphatic heterocycles. The minimum absolute atomic E-state index is 0.870. The summed E-state index contributed by atoms with van der Waals surface area (Å²) in [4.78, 5) is 0. The Labute approximate surface area is 80.3 Å². The van der Waals surface area contributed by atoms with Crippen LogP contribution in [-0.4, -0.2) is 31.6 Å². The van der Waals surface area contributed by atoms with Crippen LogP contribution in [-0.2, 0) is 8.85 Å². The zero-order chi connectivity index (χ0) is 9.45. The third kappa shape index (κ3) is 3.84. The van der Waals surface area contributed by atoms with Crippen LogP contribution < -0.4 is 0 Å². The summed E-state index contributed by atoms with van der Waals surface area (Å²) in [5, 5.41) is 0. The van der Waals surface area contributed by atoms with Gasteiger partial charge in [-0.15, -0.1) is 0 Å². The van der Waals surface area contributed by atoms with E-state index in [2.05, 4.69) is 20.8 Å². The van der Waals surface area contributed by atoms with E-state index in [1.807, 2.05) is 0 Å². The first-order valence-corrected chi connectivity index (χ1v) is 8.67. The van der Waals surface area contributed by atoms with E-state index in [-0.39, 0.29) is 0 Å². The second-order valence-electron chi connectivity index (χ2n) is 2.90. The average molecular weight is 206 g/mol. The molecular formula is C8H22O2Si2. The smallest absolute Gasteiger partial charge is 0.337 e. The van der Waals surface area contributed by atoms with Gasteiger partial charge in [-0.25, -0.2) is 0 Å². The molecule has 0 saturated heterocycles. The van der Waals surface area contributed by atoms with Crippen molar-refractivity contribution in [3.8, 4) is 0 Å². The Morgan fingerprint density at radius 1 is 1.08 bits per heavy atom. The standard InChI is InChI=1S/C8H22O2Si2/c1-4-7-9-12(5-2,6-3)10-8-11/h4-8H2,1-3,11H3. The number of rotatable bonds is 7. The Bertz CT molecular complexity index is 105. The van der Waals surface area contributed by atoms with Crippen molar-refractivity contribution in [1.82, 2.24) is 0 Å². The molecule has 0 aliphatic rings. The van der Waals surface area contributed by atoms with Gasteiger partial charge in [0.05, 0.1) is 0 Å². The molecule has 0 atom stereocenters. The maximum Gasteiger partial charge on any atom is 0.337 e. The minimum atomic E-state index is -1.73. The van der Waals surface area contributed by atoms with E-state index in [0.29, 0.717) is 0 Å². The van der Waals surface area contributed by atoms with Gasteiger partial charge in [0, 0.05) is 23.1 Å². The third-order valence-electron chi connectivity index (χ3n) is 2.05. The fraction of sp³-hybridized carbons (Fsp3) is 1.00. The Morgan fingerprint density at radius 2 is 1.67 bits per heavy atom. The predicted octanol–water partition coefficient (Wildman–Crippen LogP) is 1.23. The van der Waals surface area contributed by atoms with Crippen LogP contribution in [0.25, 0.3) is 0 Å². The summed E-state index contributed by atoms with van der Waals surface area (Å²) in [6, 6.07) is 2.18. The van der Waals surface area contributed by atoms with Gasteiger partial charge in [0.2, 0.25) is 0 Å². The first kappa shape index (κ1) is 12.4. The molecule has 4 heteroatoms. The van der Waals surface area contributed by atoms with Gasteiger partial charge in [-0.3, -0.25) is 0 Å². The predicted molar refractivity (Wildman–Crippen MR) is 58.9 cm³/mol. The van der Waals surface area contributed by atoms with Crippen LogP contribution in [0.1, 0.15) is 27.2 Å². The van der Waals surface area contributed by atoms with E-state index < -0.39 is 8.56 Å². The highest BCUT2D eigenvalue weighted by molar-refractivity contribution is 6.67. The highest BCUT2D eigenvalue weighted by Gasteiger charge is 2.32. The molecule has 0 N–H and O–H groups in total. The second kappa shape index (κ2) is 6.83. The molecule has 2 nitrogen and oxygen atoms in total. The molecule has 0 heterocycles. The first-order chi connectivity index (χ1) is 5.74. The quantitative estimate of drug-likeness (QED) is 0.584. The monoisotopic (exact) mass is 206 g/mol. The van der Waals surface area contributed by atoms with Crippen LogP contribution in [0.3, 0.4) is 0 Å². The lowest BCUT2D eigenvalue weighted by molar-refractivity contribution is 0.192. The zero-order valence-corrected chi connectivity index (χ0v) is 11.9. The van der Waals surface area contributed by atoms with Crippen LogP contribution in [0.4, 0.5) is 0 Å². The number of hydrogen-bond acceptors (Lipinski definition) is 2. The lowest BCUT2D eigenvalue weighted by Gasteiger charge is -2.27. The van der Waals surface area contributed by atoms with Crippen molar-refractivity contribution in [3.05, 3.63) is 0 Å². The van der Waals surface area contributed by atoms with Gasteiger partial charge < -0.3 is 8.85 Å². The lowest BCUT2D eigenvalue weighted by atomic mass is 10.5. The van der Waals surface area contributed by atoms with Crippen molar-refractivity contribution in [2.45, 2.75) is 39.3 Å². The molecule has 74 valence electrons. The molecule has 0 aromatic carbocycles. The van der Waals surface area contributed by atoms with Gasteiger partial charge in [-0.05, 0) is 18.5 Å². The van der Waals surface area contributed by atoms with Crippen molar-refractivity contribution < 1.29 is 8.85 Å². The molecule has 0 aromatic heterocycles. The molecule has 0 fully saturated rings. The Hall–Kier alpha value is 0.354. The van der Waals surface area contributed by atoms with E-state index in [0.717, 1.165) is 41.6 Å². The summed E-state index contributed by atoms with van der Waals surface area (Å²) in [6.45, 7) is 7.38. The Kier molecular flexibility index (Phi) is 7.03. The van der Waals surface area contributed by atoms with Gasteiger partial charge in [-0.1, -0.05) is 20.8 Å². The molecule has 0 unspecified atom stereocenters. The maximum absolute atomic E-state index is 5.86. The van der Waals surface area contributed by atoms with E-state index in [9.17, 15) is 0 Å². The van der Waals surface area contributed by atoms with Gasteiger partial charge in [0.15, 0.2) is 0 Å². The summed E-state index contributed by atoms with van der Waals surface area (Å²) in [5.41, 5.74) is 0. The fourth-order valence-electron chi connectivity index (χ4n) is 1.25. The summed E-state index contributed by atoms with van der Waals surface area (Å²) < 4.78 is 11.7. The van der Waals surface area contributed by atoms with Crippen molar-refractivity contribution in [2.75, 3.05) is 12.8 Å². The summed E-state index contributed by atoms with van der Waals surface area (Å²) in [5.74, 6) is 0. The van der Waals surface area contributed by atoms with Crippen LogP contribution in [0.5, 0.6) is 0 Å². The largest absolute Gasteiger partial charge is 0.399 e. The van der Waals surface area contributed by atoms with Crippen LogP contribution >= 0.6 is 0 Å². The summed E-state index contributed by atoms with van der Waals surface area (Å²) in [7, 11) is -0.610. The minimum Gasteiger partial charge on any atom is -0.399 e. The normalized spacial score (nSPS) is 12.2. The molecule has 0 aliphatic carbocycles. The molecule has 0 saturated carbocycles. The fourth-order valence-corrected chi connectivity index (χ4v) is 5.33. The van der Waals surface area contributed by atoms with Crippen LogP contribution in [0.15, 0.2) is 0 Å². The van der Waals surface area contributed by atoms with Crippen molar-refractivity contribution >= 4 is 18.8 Å². The van der Waals surface area contributed by atoms with Gasteiger partial charge in [0.25, 0.3) is 0 Å². The van der Waals surface area contributed by atoms with Crippen molar-refractivity contribution in [3.63, 3.8) is 0 Å². The molecule has 12 heavy (non-hydrogen) atoms. The lowest BCUT2D eigenvalue weighted by Crippen LogP contribution is -2.41. The first-order valence-electron chi connectivity index (χ1n) is 5.02. The van der Waals surface area contributed by atoms with Gasteiger partial charge >= 0.3 is 8.56 Å². The highest BCUT2D eigenvalue weighted by Crippen LogP contribution is 2.18. The topological polar surface area (TPSA) is 18.5 Å². The Balaban J connectivity index is 3.95. The van der Waals surface area contributed by atoms with Gasteiger partial charge in [0.1, 0.15) is 0 Å². The zero-order valence-electron chi connectivity index (χ0n) is 8.85. The third-order valence-corrected chi connectivity index (χ3v) is 6.62. The maximum atomic E-state index is 5.86. The second-order valence-corrected chi connectivity index (χ2v) is 7.29. The molecule has 0 amide bonds. The molecule has 0 aromatic rings. The Morgan fingerprint density at radius 3 is 2.00 bits per heavy atom. The van der Waals surface area contributed by atoms with Crippen molar-refractivity contribution in [2.24, 2.45) is 0 Å². The van der Waals surface area contributed by atoms with Crippen LogP contribution in [0.2, 0.25) is 12.1 Å². The molecule has 0 spiro atoms. The molecule has 0 rings (SSSR count). The SMILES string of the molecule is CCCO[Si](CC)(CC)OC[SiH3]. The molecule has 0 radical (unpaired) electrons. The van der Waals surface area contributed by atoms with Crippen molar-refractivity contribution in [1.29, 1.82) is 0 Å². The molecule has 0 bridgehead atoms. The average Bonchev–Trinajstić information content (AvgIpc) is 2.13. The van der Waals surface area contributed by atoms with E-state index in [1.165, 1.54) is 0 Å². The molecular weight excluding hydrogens is 184 g/mol. The van der Waals surface area contributed by atoms with Crippen LogP contribution in [0, 0.1) is 0 Å². The number of hydrogen-bond donors (Lipinski definition) is 0. The summed E-state index contributed by atoms with van der Waals surface area (Å²) >= 11 is 0. The van der Waals surface area contributed by atoms with Gasteiger partial charge in [-0.2, -0.15) is 0 Å². The van der Waals surface area contributed by atoms with E-state index in [1.54, 1.807) is 0 Å². The highest BCUT2D eigenvalue weighted by atomic mass is 28.4. The van der Waals surface area contributed by atoms with E-state index in [4.69, 9.17) is 8.85 Å².